The van der Waals surface area contributed by atoms with Crippen molar-refractivity contribution in [2.45, 2.75) is 50.6 Å². The molecule has 1 aliphatic heterocycles. The van der Waals surface area contributed by atoms with Gasteiger partial charge in [-0.25, -0.2) is 14.4 Å². The van der Waals surface area contributed by atoms with Crippen LogP contribution in [0.3, 0.4) is 0 Å². The quantitative estimate of drug-likeness (QED) is 0.817. The summed E-state index contributed by atoms with van der Waals surface area (Å²) in [4.78, 5) is 42.9. The molecule has 2 fully saturated rings. The maximum atomic E-state index is 13.0. The average molecular weight is 374 g/mol. The number of aliphatic carboxylic acids is 1. The number of fused-ring (bicyclic) bond motifs is 2. The molecule has 2 saturated carbocycles. The normalized spacial score (nSPS) is 23.2. The van der Waals surface area contributed by atoms with Gasteiger partial charge in [0.05, 0.1) is 11.7 Å². The lowest BCUT2D eigenvalue weighted by molar-refractivity contribution is -0.142. The first-order valence-corrected chi connectivity index (χ1v) is 9.31. The summed E-state index contributed by atoms with van der Waals surface area (Å²) in [6.07, 6.45) is 3.80. The molecule has 1 aromatic carbocycles. The Morgan fingerprint density at radius 3 is 2.67 bits per heavy atom. The summed E-state index contributed by atoms with van der Waals surface area (Å²) in [5.74, 6) is -0.870. The van der Waals surface area contributed by atoms with Gasteiger partial charge in [-0.05, 0) is 49.7 Å². The van der Waals surface area contributed by atoms with Crippen LogP contribution in [-0.4, -0.2) is 47.0 Å². The highest BCUT2D eigenvalue weighted by molar-refractivity contribution is 5.91. The van der Waals surface area contributed by atoms with Gasteiger partial charge in [0.1, 0.15) is 0 Å². The van der Waals surface area contributed by atoms with Gasteiger partial charge in [0, 0.05) is 6.04 Å². The minimum Gasteiger partial charge on any atom is -0.479 e. The lowest BCUT2D eigenvalue weighted by atomic mass is 9.88. The fourth-order valence-corrected chi connectivity index (χ4v) is 4.09. The topological polar surface area (TPSA) is 96.4 Å². The van der Waals surface area contributed by atoms with E-state index in [2.05, 4.69) is 0 Å². The third-order valence-electron chi connectivity index (χ3n) is 5.43. The molecule has 0 aromatic heterocycles. The van der Waals surface area contributed by atoms with Crippen molar-refractivity contribution in [3.63, 3.8) is 0 Å². The molecular weight excluding hydrogens is 352 g/mol. The predicted octanol–water partition coefficient (Wildman–Crippen LogP) is 2.96. The van der Waals surface area contributed by atoms with Gasteiger partial charge in [-0.15, -0.1) is 5.06 Å². The van der Waals surface area contributed by atoms with Crippen molar-refractivity contribution in [1.29, 1.82) is 0 Å². The summed E-state index contributed by atoms with van der Waals surface area (Å²) in [6.45, 7) is -0.767. The molecule has 2 aliphatic carbocycles. The molecule has 2 atom stereocenters. The second kappa shape index (κ2) is 7.09. The van der Waals surface area contributed by atoms with Gasteiger partial charge in [0.25, 0.3) is 0 Å². The summed E-state index contributed by atoms with van der Waals surface area (Å²) in [7, 11) is 0. The van der Waals surface area contributed by atoms with Crippen molar-refractivity contribution in [2.75, 3.05) is 11.5 Å². The molecule has 0 bridgehead atoms. The van der Waals surface area contributed by atoms with E-state index >= 15 is 0 Å². The minimum atomic E-state index is -1.26. The number of carbonyl (C=O) groups is 3. The number of carbonyl (C=O) groups excluding carboxylic acids is 2. The zero-order valence-electron chi connectivity index (χ0n) is 14.9. The molecule has 1 heterocycles. The van der Waals surface area contributed by atoms with Crippen LogP contribution >= 0.6 is 0 Å². The largest absolute Gasteiger partial charge is 0.479 e. The number of carboxylic acids is 1. The second-order valence-corrected chi connectivity index (χ2v) is 7.32. The highest BCUT2D eigenvalue weighted by atomic mass is 16.8. The first-order valence-electron chi connectivity index (χ1n) is 9.31. The van der Waals surface area contributed by atoms with Gasteiger partial charge >= 0.3 is 18.2 Å². The van der Waals surface area contributed by atoms with E-state index in [9.17, 15) is 14.4 Å². The summed E-state index contributed by atoms with van der Waals surface area (Å²) in [5, 5.41) is 9.58. The monoisotopic (exact) mass is 374 g/mol. The Hall–Kier alpha value is -2.77. The van der Waals surface area contributed by atoms with Crippen LogP contribution in [0.2, 0.25) is 0 Å². The third kappa shape index (κ3) is 3.56. The lowest BCUT2D eigenvalue weighted by Crippen LogP contribution is -2.49. The number of hydroxylamine groups is 2. The van der Waals surface area contributed by atoms with Crippen molar-refractivity contribution in [3.05, 3.63) is 29.8 Å². The Bertz CT molecular complexity index is 762. The third-order valence-corrected chi connectivity index (χ3v) is 5.43. The molecule has 2 unspecified atom stereocenters. The number of carboxylic acid groups (broad SMARTS) is 1. The van der Waals surface area contributed by atoms with Gasteiger partial charge < -0.3 is 14.7 Å². The van der Waals surface area contributed by atoms with Gasteiger partial charge in [-0.3, -0.25) is 4.90 Å². The number of amides is 2. The van der Waals surface area contributed by atoms with Crippen molar-refractivity contribution >= 4 is 23.8 Å². The highest BCUT2D eigenvalue weighted by Crippen LogP contribution is 2.42. The van der Waals surface area contributed by atoms with Crippen LogP contribution < -0.4 is 4.90 Å². The maximum absolute atomic E-state index is 13.0. The number of benzene rings is 1. The maximum Gasteiger partial charge on any atom is 0.444 e. The number of para-hydroxylation sites is 1. The molecule has 0 radical (unpaired) electrons. The lowest BCUT2D eigenvalue weighted by Gasteiger charge is -2.38. The van der Waals surface area contributed by atoms with Crippen LogP contribution in [-0.2, 0) is 20.8 Å². The summed E-state index contributed by atoms with van der Waals surface area (Å²) in [5.41, 5.74) is 1.92. The first kappa shape index (κ1) is 17.6. The van der Waals surface area contributed by atoms with E-state index in [1.165, 1.54) is 0 Å². The van der Waals surface area contributed by atoms with Gasteiger partial charge in [-0.2, -0.15) is 0 Å². The molecule has 8 heteroatoms. The molecule has 4 rings (SSSR count). The van der Waals surface area contributed by atoms with Gasteiger partial charge in [-0.1, -0.05) is 24.6 Å². The number of anilines is 1. The van der Waals surface area contributed by atoms with Crippen LogP contribution in [0, 0.1) is 5.92 Å². The molecule has 0 spiro atoms. The second-order valence-electron chi connectivity index (χ2n) is 7.32. The molecule has 0 saturated heterocycles. The fourth-order valence-electron chi connectivity index (χ4n) is 4.09. The van der Waals surface area contributed by atoms with E-state index in [4.69, 9.17) is 14.7 Å². The van der Waals surface area contributed by atoms with Crippen LogP contribution in [0.15, 0.2) is 24.3 Å². The van der Waals surface area contributed by atoms with E-state index in [0.717, 1.165) is 42.0 Å². The zero-order valence-corrected chi connectivity index (χ0v) is 14.9. The minimum absolute atomic E-state index is 0.0588. The van der Waals surface area contributed by atoms with Crippen LogP contribution in [0.25, 0.3) is 0 Å². The molecule has 2 amide bonds. The fraction of sp³-hybridized carbons (Fsp3) is 0.526. The van der Waals surface area contributed by atoms with Gasteiger partial charge in [0.15, 0.2) is 6.61 Å². The first-order chi connectivity index (χ1) is 13.0. The molecular formula is C19H22N2O6. The molecule has 1 N–H and O–H groups in total. The smallest absolute Gasteiger partial charge is 0.444 e. The van der Waals surface area contributed by atoms with E-state index < -0.39 is 24.8 Å². The Morgan fingerprint density at radius 2 is 1.93 bits per heavy atom. The standard InChI is InChI=1S/C19H22N2O6/c22-17(23)11-26-19(25)21(14-8-9-14)27-18(24)20-15-6-2-1-4-12(15)10-13-5-3-7-16(13)20/h1-2,4,6,13-14,16H,3,5,7-11H2,(H,22,23). The van der Waals surface area contributed by atoms with E-state index in [-0.39, 0.29) is 12.1 Å². The number of nitrogens with zero attached hydrogens (tertiary/aromatic N) is 2. The van der Waals surface area contributed by atoms with Gasteiger partial charge in [0.2, 0.25) is 0 Å². The van der Waals surface area contributed by atoms with Crippen LogP contribution in [0.5, 0.6) is 0 Å². The SMILES string of the molecule is O=C(O)COC(=O)N(OC(=O)N1c2ccccc2CC2CCCC21)C1CC1. The average Bonchev–Trinajstić information content (AvgIpc) is 3.39. The summed E-state index contributed by atoms with van der Waals surface area (Å²) in [6, 6.07) is 7.56. The Morgan fingerprint density at radius 1 is 1.15 bits per heavy atom. The number of rotatable bonds is 3. The van der Waals surface area contributed by atoms with E-state index in [0.29, 0.717) is 18.8 Å². The van der Waals surface area contributed by atoms with Crippen molar-refractivity contribution in [3.8, 4) is 0 Å². The number of ether oxygens (including phenoxy) is 1. The van der Waals surface area contributed by atoms with E-state index in [1.54, 1.807) is 4.90 Å². The molecule has 144 valence electrons. The molecule has 8 nitrogen and oxygen atoms in total. The zero-order chi connectivity index (χ0) is 19.0. The Balaban J connectivity index is 1.53. The Labute approximate surface area is 156 Å². The van der Waals surface area contributed by atoms with Crippen LogP contribution in [0.4, 0.5) is 15.3 Å². The van der Waals surface area contributed by atoms with E-state index in [1.807, 2.05) is 24.3 Å². The number of hydrogen-bond donors (Lipinski definition) is 1. The Kier molecular flexibility index (Phi) is 4.63. The molecule has 1 aromatic rings. The summed E-state index contributed by atoms with van der Waals surface area (Å²) < 4.78 is 4.70. The summed E-state index contributed by atoms with van der Waals surface area (Å²) >= 11 is 0. The van der Waals surface area contributed by atoms with Crippen molar-refractivity contribution < 1.29 is 29.1 Å². The van der Waals surface area contributed by atoms with Crippen molar-refractivity contribution in [1.82, 2.24) is 5.06 Å². The molecule has 3 aliphatic rings. The predicted molar refractivity (Wildman–Crippen MR) is 94.1 cm³/mol. The van der Waals surface area contributed by atoms with Crippen molar-refractivity contribution in [2.24, 2.45) is 5.92 Å². The molecule has 27 heavy (non-hydrogen) atoms. The number of hydrogen-bond acceptors (Lipinski definition) is 5. The highest BCUT2D eigenvalue weighted by Gasteiger charge is 2.44. The van der Waals surface area contributed by atoms with Crippen LogP contribution in [0.1, 0.15) is 37.7 Å².